The summed E-state index contributed by atoms with van der Waals surface area (Å²) in [6.45, 7) is 0. The first-order chi connectivity index (χ1) is 4.70. The number of esters is 1. The molecule has 0 unspecified atom stereocenters. The maximum atomic E-state index is 12.2. The quantitative estimate of drug-likeness (QED) is 0.426. The van der Waals surface area contributed by atoms with Crippen molar-refractivity contribution in [2.75, 3.05) is 7.11 Å². The number of carbonyl (C=O) groups is 1. The molecule has 0 aliphatic heterocycles. The number of hydrogen-bond donors (Lipinski definition) is 0. The third-order valence-electron chi connectivity index (χ3n) is 0.724. The second-order valence-corrected chi connectivity index (χ2v) is 1.45. The molecule has 0 rings (SSSR count). The van der Waals surface area contributed by atoms with E-state index in [1.54, 1.807) is 6.07 Å². The third-order valence-corrected chi connectivity index (χ3v) is 0.724. The standard InChI is InChI=1S/C6H6FNO2/c1-10-6(9)4-5(7)2-3-8/h4H,2H2,1H3. The Bertz CT molecular complexity index is 192. The van der Waals surface area contributed by atoms with Crippen LogP contribution in [0.4, 0.5) is 4.39 Å². The molecule has 0 amide bonds. The van der Waals surface area contributed by atoms with Crippen LogP contribution in [0.1, 0.15) is 6.42 Å². The molecule has 0 spiro atoms. The van der Waals surface area contributed by atoms with E-state index in [0.717, 1.165) is 7.11 Å². The molecule has 0 aromatic heterocycles. The molecule has 0 fully saturated rings. The van der Waals surface area contributed by atoms with Crippen LogP contribution in [0.25, 0.3) is 0 Å². The van der Waals surface area contributed by atoms with Gasteiger partial charge < -0.3 is 4.74 Å². The van der Waals surface area contributed by atoms with Gasteiger partial charge in [-0.2, -0.15) is 5.26 Å². The van der Waals surface area contributed by atoms with E-state index in [1.807, 2.05) is 0 Å². The van der Waals surface area contributed by atoms with Gasteiger partial charge in [0.1, 0.15) is 5.83 Å². The maximum absolute atomic E-state index is 12.2. The van der Waals surface area contributed by atoms with Crippen molar-refractivity contribution in [2.45, 2.75) is 6.42 Å². The molecule has 0 saturated heterocycles. The van der Waals surface area contributed by atoms with Crippen molar-refractivity contribution in [3.8, 4) is 6.07 Å². The van der Waals surface area contributed by atoms with Gasteiger partial charge in [0.2, 0.25) is 0 Å². The highest BCUT2D eigenvalue weighted by molar-refractivity contribution is 5.82. The Morgan fingerprint density at radius 1 is 1.90 bits per heavy atom. The highest BCUT2D eigenvalue weighted by Gasteiger charge is 1.98. The minimum absolute atomic E-state index is 0.394. The number of nitriles is 1. The van der Waals surface area contributed by atoms with Gasteiger partial charge in [-0.15, -0.1) is 0 Å². The Morgan fingerprint density at radius 3 is 2.90 bits per heavy atom. The fourth-order valence-corrected chi connectivity index (χ4v) is 0.313. The van der Waals surface area contributed by atoms with E-state index in [2.05, 4.69) is 4.74 Å². The van der Waals surface area contributed by atoms with Crippen LogP contribution in [-0.2, 0) is 9.53 Å². The van der Waals surface area contributed by atoms with Crippen molar-refractivity contribution in [1.82, 2.24) is 0 Å². The number of hydrogen-bond acceptors (Lipinski definition) is 3. The maximum Gasteiger partial charge on any atom is 0.333 e. The number of ether oxygens (including phenoxy) is 1. The molecular weight excluding hydrogens is 137 g/mol. The molecule has 0 heterocycles. The Morgan fingerprint density at radius 2 is 2.50 bits per heavy atom. The largest absolute Gasteiger partial charge is 0.466 e. The summed E-state index contributed by atoms with van der Waals surface area (Å²) in [4.78, 5) is 10.2. The lowest BCUT2D eigenvalue weighted by Gasteiger charge is -1.88. The van der Waals surface area contributed by atoms with Crippen LogP contribution < -0.4 is 0 Å². The van der Waals surface area contributed by atoms with Crippen molar-refractivity contribution in [3.63, 3.8) is 0 Å². The second kappa shape index (κ2) is 4.50. The van der Waals surface area contributed by atoms with Crippen molar-refractivity contribution >= 4 is 5.97 Å². The summed E-state index contributed by atoms with van der Waals surface area (Å²) in [5.41, 5.74) is 0. The van der Waals surface area contributed by atoms with Gasteiger partial charge in [-0.25, -0.2) is 9.18 Å². The van der Waals surface area contributed by atoms with Crippen LogP contribution in [0.2, 0.25) is 0 Å². The smallest absolute Gasteiger partial charge is 0.333 e. The summed E-state index contributed by atoms with van der Waals surface area (Å²) in [5.74, 6) is -1.57. The fourth-order valence-electron chi connectivity index (χ4n) is 0.313. The highest BCUT2D eigenvalue weighted by atomic mass is 19.1. The van der Waals surface area contributed by atoms with Crippen LogP contribution in [0.3, 0.4) is 0 Å². The normalized spacial score (nSPS) is 10.3. The predicted molar refractivity (Wildman–Crippen MR) is 31.4 cm³/mol. The minimum atomic E-state index is -0.784. The van der Waals surface area contributed by atoms with Gasteiger partial charge >= 0.3 is 5.97 Å². The monoisotopic (exact) mass is 143 g/mol. The molecule has 0 radical (unpaired) electrons. The average Bonchev–Trinajstić information content (AvgIpc) is 1.88. The summed E-state index contributed by atoms with van der Waals surface area (Å²) >= 11 is 0. The lowest BCUT2D eigenvalue weighted by atomic mass is 10.4. The predicted octanol–water partition coefficient (Wildman–Crippen LogP) is 0.926. The van der Waals surface area contributed by atoms with Crippen LogP contribution >= 0.6 is 0 Å². The van der Waals surface area contributed by atoms with E-state index in [1.165, 1.54) is 0 Å². The van der Waals surface area contributed by atoms with E-state index in [0.29, 0.717) is 6.08 Å². The van der Waals surface area contributed by atoms with Gasteiger partial charge in [-0.3, -0.25) is 0 Å². The Hall–Kier alpha value is -1.37. The highest BCUT2D eigenvalue weighted by Crippen LogP contribution is 2.00. The van der Waals surface area contributed by atoms with Crippen LogP contribution in [0.5, 0.6) is 0 Å². The molecule has 0 saturated carbocycles. The molecule has 3 nitrogen and oxygen atoms in total. The van der Waals surface area contributed by atoms with Crippen molar-refractivity contribution < 1.29 is 13.9 Å². The lowest BCUT2D eigenvalue weighted by molar-refractivity contribution is -0.134. The molecular formula is C6H6FNO2. The molecule has 54 valence electrons. The summed E-state index contributed by atoms with van der Waals surface area (Å²) in [6, 6.07) is 1.55. The average molecular weight is 143 g/mol. The van der Waals surface area contributed by atoms with E-state index in [4.69, 9.17) is 5.26 Å². The summed E-state index contributed by atoms with van der Waals surface area (Å²) in [7, 11) is 1.14. The van der Waals surface area contributed by atoms with Crippen molar-refractivity contribution in [1.29, 1.82) is 5.26 Å². The first-order valence-corrected chi connectivity index (χ1v) is 2.51. The fraction of sp³-hybridized carbons (Fsp3) is 0.333. The van der Waals surface area contributed by atoms with Crippen molar-refractivity contribution in [3.05, 3.63) is 11.9 Å². The SMILES string of the molecule is COC(=O)C=C(F)CC#N. The van der Waals surface area contributed by atoms with Gasteiger partial charge in [0.05, 0.1) is 25.7 Å². The minimum Gasteiger partial charge on any atom is -0.466 e. The summed E-state index contributed by atoms with van der Waals surface area (Å²) < 4.78 is 16.3. The zero-order chi connectivity index (χ0) is 7.98. The molecule has 0 aromatic carbocycles. The topological polar surface area (TPSA) is 50.1 Å². The van der Waals surface area contributed by atoms with E-state index in [-0.39, 0.29) is 0 Å². The Labute approximate surface area is 57.7 Å². The van der Waals surface area contributed by atoms with Gasteiger partial charge in [0.15, 0.2) is 0 Å². The number of rotatable bonds is 2. The number of halogens is 1. The van der Waals surface area contributed by atoms with Crippen LogP contribution in [0.15, 0.2) is 11.9 Å². The number of carbonyl (C=O) groups excluding carboxylic acids is 1. The van der Waals surface area contributed by atoms with E-state index >= 15 is 0 Å². The van der Waals surface area contributed by atoms with E-state index in [9.17, 15) is 9.18 Å². The van der Waals surface area contributed by atoms with Gasteiger partial charge in [0.25, 0.3) is 0 Å². The summed E-state index contributed by atoms with van der Waals surface area (Å²) in [5, 5.41) is 7.94. The van der Waals surface area contributed by atoms with Gasteiger partial charge in [-0.05, 0) is 0 Å². The van der Waals surface area contributed by atoms with Crippen molar-refractivity contribution in [2.24, 2.45) is 0 Å². The molecule has 0 N–H and O–H groups in total. The molecule has 0 aliphatic rings. The van der Waals surface area contributed by atoms with Gasteiger partial charge in [0, 0.05) is 0 Å². The molecule has 4 heteroatoms. The Balaban J connectivity index is 3.92. The molecule has 10 heavy (non-hydrogen) atoms. The number of methoxy groups -OCH3 is 1. The summed E-state index contributed by atoms with van der Waals surface area (Å²) in [6.07, 6.45) is 0.248. The molecule has 0 bridgehead atoms. The van der Waals surface area contributed by atoms with Crippen LogP contribution in [-0.4, -0.2) is 13.1 Å². The first-order valence-electron chi connectivity index (χ1n) is 2.51. The zero-order valence-corrected chi connectivity index (χ0v) is 5.43. The number of allylic oxidation sites excluding steroid dienone is 1. The Kier molecular flexibility index (Phi) is 3.89. The van der Waals surface area contributed by atoms with Crippen LogP contribution in [0, 0.1) is 11.3 Å². The first kappa shape index (κ1) is 8.63. The number of nitrogens with zero attached hydrogens (tertiary/aromatic N) is 1. The molecule has 0 atom stereocenters. The van der Waals surface area contributed by atoms with E-state index < -0.39 is 18.2 Å². The second-order valence-electron chi connectivity index (χ2n) is 1.45. The lowest BCUT2D eigenvalue weighted by Crippen LogP contribution is -1.94. The zero-order valence-electron chi connectivity index (χ0n) is 5.43. The van der Waals surface area contributed by atoms with Gasteiger partial charge in [-0.1, -0.05) is 0 Å². The molecule has 0 aromatic rings. The molecule has 0 aliphatic carbocycles. The third kappa shape index (κ3) is 3.61.